The maximum Gasteiger partial charge on any atom is 0.231 e. The Labute approximate surface area is 130 Å². The van der Waals surface area contributed by atoms with Gasteiger partial charge in [-0.1, -0.05) is 17.7 Å². The molecule has 0 aliphatic carbocycles. The fourth-order valence-electron chi connectivity index (χ4n) is 2.02. The molecule has 0 aliphatic heterocycles. The number of thiophene rings is 1. The molecule has 0 spiro atoms. The minimum absolute atomic E-state index is 0.302. The molecular formula is C15H10ClN3OS. The number of benzene rings is 1. The van der Waals surface area contributed by atoms with Gasteiger partial charge in [0, 0.05) is 0 Å². The molecule has 0 amide bonds. The van der Waals surface area contributed by atoms with Gasteiger partial charge in [-0.3, -0.25) is 0 Å². The van der Waals surface area contributed by atoms with Crippen LogP contribution in [0.4, 0.5) is 0 Å². The highest BCUT2D eigenvalue weighted by atomic mass is 35.5. The summed E-state index contributed by atoms with van der Waals surface area (Å²) in [4.78, 5) is 9.62. The molecule has 0 aliphatic rings. The zero-order chi connectivity index (χ0) is 15.0. The van der Waals surface area contributed by atoms with Gasteiger partial charge in [-0.15, -0.1) is 11.3 Å². The summed E-state index contributed by atoms with van der Waals surface area (Å²) in [7, 11) is 0. The Morgan fingerprint density at radius 1 is 1.29 bits per heavy atom. The van der Waals surface area contributed by atoms with Crippen LogP contribution in [0.1, 0.15) is 17.0 Å². The topological polar surface area (TPSA) is 58.8 Å². The van der Waals surface area contributed by atoms with Crippen LogP contribution in [0.2, 0.25) is 5.02 Å². The van der Waals surface area contributed by atoms with Gasteiger partial charge in [0.15, 0.2) is 0 Å². The first-order valence-corrected chi connectivity index (χ1v) is 7.45. The first kappa shape index (κ1) is 13.8. The van der Waals surface area contributed by atoms with Crippen LogP contribution >= 0.6 is 22.9 Å². The van der Waals surface area contributed by atoms with Gasteiger partial charge < -0.3 is 4.74 Å². The molecule has 0 atom stereocenters. The van der Waals surface area contributed by atoms with Crippen LogP contribution in [0.15, 0.2) is 23.6 Å². The summed E-state index contributed by atoms with van der Waals surface area (Å²) >= 11 is 7.57. The summed E-state index contributed by atoms with van der Waals surface area (Å²) in [5, 5.41) is 12.5. The number of fused-ring (bicyclic) bond motifs is 1. The number of hydrogen-bond donors (Lipinski definition) is 0. The van der Waals surface area contributed by atoms with Crippen molar-refractivity contribution >= 4 is 33.2 Å². The molecule has 2 heterocycles. The predicted octanol–water partition coefficient (Wildman–Crippen LogP) is 4.63. The Hall–Kier alpha value is -2.16. The number of hydrogen-bond acceptors (Lipinski definition) is 5. The average Bonchev–Trinajstić information content (AvgIpc) is 2.80. The second kappa shape index (κ2) is 5.32. The second-order valence-corrected chi connectivity index (χ2v) is 5.77. The van der Waals surface area contributed by atoms with Crippen LogP contribution < -0.4 is 4.74 Å². The average molecular weight is 316 g/mol. The number of ether oxygens (including phenoxy) is 1. The van der Waals surface area contributed by atoms with Gasteiger partial charge in [-0.2, -0.15) is 10.2 Å². The van der Waals surface area contributed by atoms with E-state index < -0.39 is 0 Å². The van der Waals surface area contributed by atoms with Crippen LogP contribution in [0.25, 0.3) is 10.2 Å². The third-order valence-corrected chi connectivity index (χ3v) is 4.29. The molecule has 3 aromatic rings. The summed E-state index contributed by atoms with van der Waals surface area (Å²) in [6.07, 6.45) is 0. The highest BCUT2D eigenvalue weighted by Gasteiger charge is 2.15. The molecule has 6 heteroatoms. The van der Waals surface area contributed by atoms with Crippen LogP contribution in [0.5, 0.6) is 11.6 Å². The molecule has 1 aromatic carbocycles. The molecule has 0 fully saturated rings. The van der Waals surface area contributed by atoms with E-state index in [0.717, 1.165) is 15.8 Å². The SMILES string of the molecule is Cc1nc(Oc2cccc(Cl)c2C#N)c2c(C)csc2n1. The molecule has 0 unspecified atom stereocenters. The monoisotopic (exact) mass is 315 g/mol. The molecule has 2 aromatic heterocycles. The molecule has 104 valence electrons. The molecule has 0 N–H and O–H groups in total. The number of nitrogens with zero attached hydrogens (tertiary/aromatic N) is 3. The maximum absolute atomic E-state index is 9.21. The second-order valence-electron chi connectivity index (χ2n) is 4.50. The Bertz CT molecular complexity index is 882. The van der Waals surface area contributed by atoms with E-state index >= 15 is 0 Å². The number of aryl methyl sites for hydroxylation is 2. The Balaban J connectivity index is 2.17. The van der Waals surface area contributed by atoms with Crippen LogP contribution in [-0.2, 0) is 0 Å². The zero-order valence-electron chi connectivity index (χ0n) is 11.3. The Kier molecular flexibility index (Phi) is 3.50. The van der Waals surface area contributed by atoms with E-state index in [9.17, 15) is 5.26 Å². The van der Waals surface area contributed by atoms with Crippen molar-refractivity contribution in [2.24, 2.45) is 0 Å². The molecule has 4 nitrogen and oxygen atoms in total. The minimum atomic E-state index is 0.302. The lowest BCUT2D eigenvalue weighted by Crippen LogP contribution is -1.96. The van der Waals surface area contributed by atoms with Crippen molar-refractivity contribution in [1.82, 2.24) is 9.97 Å². The first-order valence-electron chi connectivity index (χ1n) is 6.19. The van der Waals surface area contributed by atoms with E-state index in [1.165, 1.54) is 0 Å². The number of rotatable bonds is 2. The summed E-state index contributed by atoms with van der Waals surface area (Å²) < 4.78 is 5.86. The molecule has 0 bridgehead atoms. The van der Waals surface area contributed by atoms with E-state index in [2.05, 4.69) is 16.0 Å². The third kappa shape index (κ3) is 2.44. The lowest BCUT2D eigenvalue weighted by Gasteiger charge is -2.09. The van der Waals surface area contributed by atoms with Crippen molar-refractivity contribution in [3.05, 3.63) is 45.6 Å². The van der Waals surface area contributed by atoms with Crippen molar-refractivity contribution in [3.63, 3.8) is 0 Å². The van der Waals surface area contributed by atoms with Crippen LogP contribution in [0, 0.1) is 25.2 Å². The molecule has 3 rings (SSSR count). The first-order chi connectivity index (χ1) is 10.1. The van der Waals surface area contributed by atoms with E-state index in [-0.39, 0.29) is 0 Å². The largest absolute Gasteiger partial charge is 0.437 e. The van der Waals surface area contributed by atoms with Crippen molar-refractivity contribution in [3.8, 4) is 17.7 Å². The van der Waals surface area contributed by atoms with E-state index in [1.54, 1.807) is 29.5 Å². The van der Waals surface area contributed by atoms with Crippen molar-refractivity contribution in [1.29, 1.82) is 5.26 Å². The molecule has 0 radical (unpaired) electrons. The highest BCUT2D eigenvalue weighted by molar-refractivity contribution is 7.17. The normalized spacial score (nSPS) is 10.6. The zero-order valence-corrected chi connectivity index (χ0v) is 12.9. The maximum atomic E-state index is 9.21. The Morgan fingerprint density at radius 3 is 2.86 bits per heavy atom. The summed E-state index contributed by atoms with van der Waals surface area (Å²) in [5.41, 5.74) is 1.35. The van der Waals surface area contributed by atoms with Crippen molar-refractivity contribution in [2.75, 3.05) is 0 Å². The van der Waals surface area contributed by atoms with E-state index in [0.29, 0.717) is 28.0 Å². The number of aromatic nitrogens is 2. The number of nitriles is 1. The lowest BCUT2D eigenvalue weighted by atomic mass is 10.2. The highest BCUT2D eigenvalue weighted by Crippen LogP contribution is 2.35. The van der Waals surface area contributed by atoms with Gasteiger partial charge >= 0.3 is 0 Å². The van der Waals surface area contributed by atoms with Gasteiger partial charge in [0.05, 0.1) is 10.4 Å². The molecule has 0 saturated carbocycles. The minimum Gasteiger partial charge on any atom is -0.437 e. The van der Waals surface area contributed by atoms with Crippen LogP contribution in [-0.4, -0.2) is 9.97 Å². The van der Waals surface area contributed by atoms with E-state index in [4.69, 9.17) is 16.3 Å². The Morgan fingerprint density at radius 2 is 2.10 bits per heavy atom. The number of halogens is 1. The van der Waals surface area contributed by atoms with Gasteiger partial charge in [-0.25, -0.2) is 4.98 Å². The van der Waals surface area contributed by atoms with Gasteiger partial charge in [0.2, 0.25) is 5.88 Å². The summed E-state index contributed by atoms with van der Waals surface area (Å²) in [5.74, 6) is 1.48. The molecular weight excluding hydrogens is 306 g/mol. The smallest absolute Gasteiger partial charge is 0.231 e. The molecule has 0 saturated heterocycles. The predicted molar refractivity (Wildman–Crippen MR) is 83.1 cm³/mol. The van der Waals surface area contributed by atoms with Gasteiger partial charge in [0.25, 0.3) is 0 Å². The van der Waals surface area contributed by atoms with Crippen molar-refractivity contribution in [2.45, 2.75) is 13.8 Å². The van der Waals surface area contributed by atoms with Gasteiger partial charge in [0.1, 0.15) is 28.0 Å². The molecule has 21 heavy (non-hydrogen) atoms. The lowest BCUT2D eigenvalue weighted by molar-refractivity contribution is 0.465. The van der Waals surface area contributed by atoms with Gasteiger partial charge in [-0.05, 0) is 36.9 Å². The fraction of sp³-hybridized carbons (Fsp3) is 0.133. The third-order valence-electron chi connectivity index (χ3n) is 2.99. The van der Waals surface area contributed by atoms with E-state index in [1.807, 2.05) is 19.2 Å². The summed E-state index contributed by atoms with van der Waals surface area (Å²) in [6, 6.07) is 7.16. The fourth-order valence-corrected chi connectivity index (χ4v) is 3.19. The van der Waals surface area contributed by atoms with Crippen molar-refractivity contribution < 1.29 is 4.74 Å². The van der Waals surface area contributed by atoms with Crippen LogP contribution in [0.3, 0.4) is 0 Å². The standard InChI is InChI=1S/C15H10ClN3OS/c1-8-7-21-15-13(8)14(18-9(2)19-15)20-12-5-3-4-11(16)10(12)6-17/h3-5,7H,1-2H3. The quantitative estimate of drug-likeness (QED) is 0.692. The summed E-state index contributed by atoms with van der Waals surface area (Å²) in [6.45, 7) is 3.79.